The fourth-order valence-electron chi connectivity index (χ4n) is 4.33. The van der Waals surface area contributed by atoms with E-state index in [0.29, 0.717) is 0 Å². The van der Waals surface area contributed by atoms with E-state index < -0.39 is 41.8 Å². The van der Waals surface area contributed by atoms with Crippen molar-refractivity contribution >= 4 is 35.1 Å². The first kappa shape index (κ1) is 18.8. The van der Waals surface area contributed by atoms with Gasteiger partial charge in [0.15, 0.2) is 6.61 Å². The van der Waals surface area contributed by atoms with E-state index >= 15 is 0 Å². The van der Waals surface area contributed by atoms with Gasteiger partial charge in [-0.25, -0.2) is 0 Å². The average Bonchev–Trinajstić information content (AvgIpc) is 3.37. The number of fused-ring (bicyclic) bond motifs is 5. The number of anilines is 1. The van der Waals surface area contributed by atoms with Gasteiger partial charge in [-0.2, -0.15) is 0 Å². The molecule has 0 radical (unpaired) electrons. The first-order valence-corrected chi connectivity index (χ1v) is 9.08. The summed E-state index contributed by atoms with van der Waals surface area (Å²) in [7, 11) is 0. The van der Waals surface area contributed by atoms with E-state index in [1.807, 2.05) is 12.2 Å². The third kappa shape index (κ3) is 3.37. The number of likely N-dealkylation sites (tertiary alicyclic amines) is 1. The molecule has 3 aliphatic rings. The van der Waals surface area contributed by atoms with Crippen LogP contribution in [0.3, 0.4) is 0 Å². The number of imide groups is 1. The van der Waals surface area contributed by atoms with E-state index in [4.69, 9.17) is 4.74 Å². The number of carbonyl (C=O) groups excluding carboxylic acids is 4. The van der Waals surface area contributed by atoms with Crippen molar-refractivity contribution < 1.29 is 28.8 Å². The molecule has 0 spiro atoms. The Morgan fingerprint density at radius 1 is 1.17 bits per heavy atom. The van der Waals surface area contributed by atoms with E-state index in [-0.39, 0.29) is 35.0 Å². The third-order valence-electron chi connectivity index (χ3n) is 5.55. The van der Waals surface area contributed by atoms with Crippen LogP contribution >= 0.6 is 0 Å². The van der Waals surface area contributed by atoms with Crippen molar-refractivity contribution in [2.45, 2.75) is 6.42 Å². The number of benzene rings is 1. The third-order valence-corrected chi connectivity index (χ3v) is 5.55. The first-order chi connectivity index (χ1) is 13.8. The number of hydrogen-bond donors (Lipinski definition) is 1. The van der Waals surface area contributed by atoms with Gasteiger partial charge >= 0.3 is 5.97 Å². The Kier molecular flexibility index (Phi) is 4.61. The molecule has 4 atom stereocenters. The summed E-state index contributed by atoms with van der Waals surface area (Å²) in [4.78, 5) is 60.0. The maximum atomic E-state index is 12.5. The molecule has 29 heavy (non-hydrogen) atoms. The summed E-state index contributed by atoms with van der Waals surface area (Å²) in [5.74, 6) is -3.01. The second kappa shape index (κ2) is 7.12. The normalized spacial score (nSPS) is 26.6. The number of esters is 1. The maximum absolute atomic E-state index is 12.5. The molecule has 2 fully saturated rings. The molecule has 1 heterocycles. The van der Waals surface area contributed by atoms with Crippen molar-refractivity contribution in [1.82, 2.24) is 4.90 Å². The van der Waals surface area contributed by atoms with Crippen molar-refractivity contribution in [2.75, 3.05) is 18.5 Å². The minimum Gasteiger partial charge on any atom is -0.454 e. The van der Waals surface area contributed by atoms with Gasteiger partial charge in [0.2, 0.25) is 11.8 Å². The van der Waals surface area contributed by atoms with Gasteiger partial charge in [0, 0.05) is 17.8 Å². The molecule has 150 valence electrons. The number of amides is 3. The molecule has 10 nitrogen and oxygen atoms in total. The molecule has 1 aliphatic heterocycles. The summed E-state index contributed by atoms with van der Waals surface area (Å²) in [5.41, 5.74) is -0.0131. The lowest BCUT2D eigenvalue weighted by atomic mass is 9.85. The fraction of sp³-hybridized carbons (Fsp3) is 0.368. The first-order valence-electron chi connectivity index (χ1n) is 9.08. The van der Waals surface area contributed by atoms with Gasteiger partial charge in [0.25, 0.3) is 11.6 Å². The van der Waals surface area contributed by atoms with E-state index in [1.54, 1.807) is 0 Å². The van der Waals surface area contributed by atoms with E-state index in [1.165, 1.54) is 24.3 Å². The molecule has 1 saturated heterocycles. The number of nitrogens with one attached hydrogen (secondary N) is 1. The van der Waals surface area contributed by atoms with Gasteiger partial charge in [-0.3, -0.25) is 34.2 Å². The Morgan fingerprint density at radius 3 is 2.45 bits per heavy atom. The summed E-state index contributed by atoms with van der Waals surface area (Å²) < 4.78 is 4.86. The van der Waals surface area contributed by atoms with Gasteiger partial charge in [-0.15, -0.1) is 0 Å². The highest BCUT2D eigenvalue weighted by molar-refractivity contribution is 6.08. The zero-order valence-electron chi connectivity index (χ0n) is 15.1. The van der Waals surface area contributed by atoms with Crippen LogP contribution in [0, 0.1) is 33.8 Å². The molecule has 4 rings (SSSR count). The molecule has 1 aromatic carbocycles. The van der Waals surface area contributed by atoms with Crippen LogP contribution in [0.5, 0.6) is 0 Å². The Bertz CT molecular complexity index is 927. The fourth-order valence-corrected chi connectivity index (χ4v) is 4.33. The highest BCUT2D eigenvalue weighted by Crippen LogP contribution is 2.52. The Morgan fingerprint density at radius 2 is 1.83 bits per heavy atom. The number of allylic oxidation sites excluding steroid dienone is 2. The van der Waals surface area contributed by atoms with Gasteiger partial charge in [-0.1, -0.05) is 18.2 Å². The van der Waals surface area contributed by atoms with Gasteiger partial charge in [0.05, 0.1) is 16.8 Å². The second-order valence-corrected chi connectivity index (χ2v) is 7.28. The quantitative estimate of drug-likeness (QED) is 0.247. The molecule has 0 unspecified atom stereocenters. The van der Waals surface area contributed by atoms with Crippen molar-refractivity contribution in [1.29, 1.82) is 0 Å². The lowest BCUT2D eigenvalue weighted by Gasteiger charge is -2.16. The number of non-ortho nitro benzene ring substituents is 1. The van der Waals surface area contributed by atoms with E-state index in [0.717, 1.165) is 11.3 Å². The smallest absolute Gasteiger partial charge is 0.326 e. The number of ether oxygens (including phenoxy) is 1. The van der Waals surface area contributed by atoms with Crippen LogP contribution in [0.1, 0.15) is 6.42 Å². The number of nitrogens with zero attached hydrogens (tertiary/aromatic N) is 2. The predicted octanol–water partition coefficient (Wildman–Crippen LogP) is 0.884. The van der Waals surface area contributed by atoms with Crippen LogP contribution in [-0.4, -0.2) is 46.7 Å². The van der Waals surface area contributed by atoms with Crippen molar-refractivity contribution in [3.8, 4) is 0 Å². The van der Waals surface area contributed by atoms with Crippen LogP contribution < -0.4 is 5.32 Å². The summed E-state index contributed by atoms with van der Waals surface area (Å²) >= 11 is 0. The van der Waals surface area contributed by atoms with Crippen LogP contribution in [0.2, 0.25) is 0 Å². The number of hydrogen-bond acceptors (Lipinski definition) is 7. The molecule has 1 saturated carbocycles. The van der Waals surface area contributed by atoms with Crippen molar-refractivity contribution in [2.24, 2.45) is 23.7 Å². The molecular weight excluding hydrogens is 382 g/mol. The van der Waals surface area contributed by atoms with Crippen LogP contribution in [0.25, 0.3) is 0 Å². The topological polar surface area (TPSA) is 136 Å². The standard InChI is InChI=1S/C19H17N3O7/c23-14(20-12-2-1-3-13(7-12)22(27)28)9-29-15(24)8-21-18(25)16-10-4-5-11(6-10)17(16)19(21)26/h1-5,7,10-11,16-17H,6,8-9H2,(H,20,23)/t10-,11-,16+,17+/m1/s1. The Balaban J connectivity index is 1.29. The largest absolute Gasteiger partial charge is 0.454 e. The average molecular weight is 399 g/mol. The SMILES string of the molecule is O=C(COC(=O)CN1C(=O)[C@@H]2[C@@H](C1=O)[C@@H]1C=C[C@@H]2C1)Nc1cccc([N+](=O)[O-])c1. The van der Waals surface area contributed by atoms with E-state index in [2.05, 4.69) is 5.32 Å². The van der Waals surface area contributed by atoms with Gasteiger partial charge < -0.3 is 10.1 Å². The summed E-state index contributed by atoms with van der Waals surface area (Å²) in [6.07, 6.45) is 4.71. The molecule has 10 heteroatoms. The number of rotatable bonds is 6. The maximum Gasteiger partial charge on any atom is 0.326 e. The predicted molar refractivity (Wildman–Crippen MR) is 97.1 cm³/mol. The summed E-state index contributed by atoms with van der Waals surface area (Å²) in [6, 6.07) is 5.30. The van der Waals surface area contributed by atoms with Crippen LogP contribution in [0.4, 0.5) is 11.4 Å². The molecule has 1 N–H and O–H groups in total. The minimum absolute atomic E-state index is 0.0446. The van der Waals surface area contributed by atoms with Gasteiger partial charge in [-0.05, 0) is 24.3 Å². The zero-order chi connectivity index (χ0) is 20.7. The monoisotopic (exact) mass is 399 g/mol. The molecule has 3 amide bonds. The number of nitro benzene ring substituents is 1. The molecule has 1 aromatic rings. The van der Waals surface area contributed by atoms with Crippen molar-refractivity contribution in [3.05, 3.63) is 46.5 Å². The molecular formula is C19H17N3O7. The number of carbonyl (C=O) groups is 4. The zero-order valence-corrected chi connectivity index (χ0v) is 15.1. The molecule has 2 bridgehead atoms. The lowest BCUT2D eigenvalue weighted by Crippen LogP contribution is -2.38. The highest BCUT2D eigenvalue weighted by Gasteiger charge is 2.59. The second-order valence-electron chi connectivity index (χ2n) is 7.28. The van der Waals surface area contributed by atoms with Gasteiger partial charge in [0.1, 0.15) is 6.54 Å². The van der Waals surface area contributed by atoms with Crippen molar-refractivity contribution in [3.63, 3.8) is 0 Å². The van der Waals surface area contributed by atoms with Crippen LogP contribution in [0.15, 0.2) is 36.4 Å². The van der Waals surface area contributed by atoms with Crippen LogP contribution in [-0.2, 0) is 23.9 Å². The Labute approximate surface area is 164 Å². The van der Waals surface area contributed by atoms with E-state index in [9.17, 15) is 29.3 Å². The number of nitro groups is 1. The minimum atomic E-state index is -0.874. The highest BCUT2D eigenvalue weighted by atomic mass is 16.6. The summed E-state index contributed by atoms with van der Waals surface area (Å²) in [5, 5.41) is 13.1. The molecule has 2 aliphatic carbocycles. The molecule has 0 aromatic heterocycles. The Hall–Kier alpha value is -3.56. The lowest BCUT2D eigenvalue weighted by molar-refractivity contribution is -0.384. The summed E-state index contributed by atoms with van der Waals surface area (Å²) in [6.45, 7) is -1.17.